The van der Waals surface area contributed by atoms with E-state index >= 15 is 0 Å². The molecule has 4 rings (SSSR count). The van der Waals surface area contributed by atoms with Crippen LogP contribution in [0, 0.1) is 11.6 Å². The summed E-state index contributed by atoms with van der Waals surface area (Å²) < 4.78 is 28.9. The summed E-state index contributed by atoms with van der Waals surface area (Å²) in [5, 5.41) is 3.93. The molecule has 0 radical (unpaired) electrons. The predicted molar refractivity (Wildman–Crippen MR) is 98.9 cm³/mol. The van der Waals surface area contributed by atoms with E-state index in [1.54, 1.807) is 0 Å². The van der Waals surface area contributed by atoms with Crippen molar-refractivity contribution in [3.8, 4) is 0 Å². The van der Waals surface area contributed by atoms with E-state index in [4.69, 9.17) is 0 Å². The van der Waals surface area contributed by atoms with Gasteiger partial charge in [0.25, 0.3) is 5.91 Å². The lowest BCUT2D eigenvalue weighted by Crippen LogP contribution is -2.44. The largest absolute Gasteiger partial charge is 0.343 e. The predicted octanol–water partition coefficient (Wildman–Crippen LogP) is 3.23. The summed E-state index contributed by atoms with van der Waals surface area (Å²) in [4.78, 5) is 12.3. The van der Waals surface area contributed by atoms with E-state index in [1.807, 2.05) is 12.1 Å². The first-order valence-corrected chi connectivity index (χ1v) is 8.91. The number of fused-ring (bicyclic) bond motifs is 1. The lowest BCUT2D eigenvalue weighted by Gasteiger charge is -2.14. The number of halogens is 2. The number of aryl methyl sites for hydroxylation is 1. The minimum atomic E-state index is -0.775. The number of aromatic nitrogens is 1. The standard InChI is InChI=1S/C20H20F2N4O/c1-2-26-17-6-4-3-5-12(17)9-18(26)16-11-19(25-24-16)23-20(27)13-7-14(21)10-15(22)8-13/h3-10,16,19,24-25H,2,11H2,1H3,(H,23,27). The number of nitrogens with zero attached hydrogens (tertiary/aromatic N) is 1. The minimum Gasteiger partial charge on any atom is -0.343 e. The molecule has 0 bridgehead atoms. The Bertz CT molecular complexity index is 981. The molecule has 1 fully saturated rings. The average Bonchev–Trinajstić information content (AvgIpc) is 3.24. The first kappa shape index (κ1) is 17.6. The molecule has 5 nitrogen and oxygen atoms in total. The Morgan fingerprint density at radius 2 is 1.89 bits per heavy atom. The molecule has 1 amide bonds. The van der Waals surface area contributed by atoms with E-state index in [0.717, 1.165) is 30.4 Å². The topological polar surface area (TPSA) is 58.1 Å². The van der Waals surface area contributed by atoms with Crippen molar-refractivity contribution in [1.82, 2.24) is 20.7 Å². The molecule has 0 spiro atoms. The third-order valence-corrected chi connectivity index (χ3v) is 4.85. The number of benzene rings is 2. The lowest BCUT2D eigenvalue weighted by molar-refractivity contribution is 0.0931. The summed E-state index contributed by atoms with van der Waals surface area (Å²) in [5.74, 6) is -2.07. The van der Waals surface area contributed by atoms with E-state index in [2.05, 4.69) is 45.9 Å². The molecule has 7 heteroatoms. The smallest absolute Gasteiger partial charge is 0.252 e. The van der Waals surface area contributed by atoms with Gasteiger partial charge in [-0.1, -0.05) is 18.2 Å². The van der Waals surface area contributed by atoms with E-state index in [-0.39, 0.29) is 17.8 Å². The first-order valence-electron chi connectivity index (χ1n) is 8.91. The van der Waals surface area contributed by atoms with Gasteiger partial charge in [0, 0.05) is 35.8 Å². The Balaban J connectivity index is 1.50. The van der Waals surface area contributed by atoms with Gasteiger partial charge in [0.15, 0.2) is 0 Å². The van der Waals surface area contributed by atoms with E-state index in [9.17, 15) is 13.6 Å². The molecule has 3 aromatic rings. The van der Waals surface area contributed by atoms with Crippen LogP contribution >= 0.6 is 0 Å². The normalized spacial score (nSPS) is 19.5. The van der Waals surface area contributed by atoms with Crippen LogP contribution in [0.1, 0.15) is 35.4 Å². The number of hydrogen-bond donors (Lipinski definition) is 3. The highest BCUT2D eigenvalue weighted by Gasteiger charge is 2.29. The number of nitrogens with one attached hydrogen (secondary N) is 3. The first-order chi connectivity index (χ1) is 13.0. The molecule has 1 aliphatic heterocycles. The fourth-order valence-electron chi connectivity index (χ4n) is 3.64. The third kappa shape index (κ3) is 3.43. The Labute approximate surface area is 155 Å². The van der Waals surface area contributed by atoms with Crippen LogP contribution in [0.4, 0.5) is 8.78 Å². The molecular formula is C20H20F2N4O. The van der Waals surface area contributed by atoms with Crippen molar-refractivity contribution in [3.63, 3.8) is 0 Å². The molecule has 3 N–H and O–H groups in total. The zero-order chi connectivity index (χ0) is 19.0. The maximum absolute atomic E-state index is 13.3. The summed E-state index contributed by atoms with van der Waals surface area (Å²) in [7, 11) is 0. The highest BCUT2D eigenvalue weighted by molar-refractivity contribution is 5.94. The van der Waals surface area contributed by atoms with Gasteiger partial charge in [0.1, 0.15) is 11.6 Å². The van der Waals surface area contributed by atoms with Crippen LogP contribution in [0.25, 0.3) is 10.9 Å². The van der Waals surface area contributed by atoms with Gasteiger partial charge in [-0.3, -0.25) is 4.79 Å². The summed E-state index contributed by atoms with van der Waals surface area (Å²) in [5.41, 5.74) is 8.50. The van der Waals surface area contributed by atoms with Gasteiger partial charge in [-0.15, -0.1) is 0 Å². The molecule has 27 heavy (non-hydrogen) atoms. The SMILES string of the molecule is CCn1c(C2CC(NC(=O)c3cc(F)cc(F)c3)NN2)cc2ccccc21. The quantitative estimate of drug-likeness (QED) is 0.661. The molecule has 0 aliphatic carbocycles. The Kier molecular flexibility index (Phi) is 4.63. The minimum absolute atomic E-state index is 0.00638. The number of hydrogen-bond acceptors (Lipinski definition) is 3. The average molecular weight is 370 g/mol. The molecule has 1 aliphatic rings. The van der Waals surface area contributed by atoms with Crippen molar-refractivity contribution in [2.24, 2.45) is 0 Å². The number of carbonyl (C=O) groups excluding carboxylic acids is 1. The van der Waals surface area contributed by atoms with Crippen molar-refractivity contribution in [2.45, 2.75) is 32.1 Å². The second kappa shape index (κ2) is 7.09. The van der Waals surface area contributed by atoms with E-state index < -0.39 is 17.5 Å². The molecule has 1 saturated heterocycles. The molecule has 2 heterocycles. The zero-order valence-corrected chi connectivity index (χ0v) is 14.8. The molecule has 2 aromatic carbocycles. The van der Waals surface area contributed by atoms with Crippen molar-refractivity contribution < 1.29 is 13.6 Å². The number of rotatable bonds is 4. The fourth-order valence-corrected chi connectivity index (χ4v) is 3.64. The van der Waals surface area contributed by atoms with Crippen LogP contribution in [0.3, 0.4) is 0 Å². The molecule has 1 aromatic heterocycles. The zero-order valence-electron chi connectivity index (χ0n) is 14.8. The molecule has 2 atom stereocenters. The summed E-state index contributed by atoms with van der Waals surface area (Å²) >= 11 is 0. The third-order valence-electron chi connectivity index (χ3n) is 4.85. The summed E-state index contributed by atoms with van der Waals surface area (Å²) in [6, 6.07) is 13.1. The van der Waals surface area contributed by atoms with Gasteiger partial charge in [-0.25, -0.2) is 19.6 Å². The Hall–Kier alpha value is -2.77. The van der Waals surface area contributed by atoms with Gasteiger partial charge in [-0.05, 0) is 36.6 Å². The van der Waals surface area contributed by atoms with E-state index in [0.29, 0.717) is 6.42 Å². The van der Waals surface area contributed by atoms with Gasteiger partial charge in [-0.2, -0.15) is 0 Å². The van der Waals surface area contributed by atoms with Crippen LogP contribution < -0.4 is 16.2 Å². The van der Waals surface area contributed by atoms with Gasteiger partial charge < -0.3 is 9.88 Å². The number of hydrazine groups is 1. The number of para-hydroxylation sites is 1. The van der Waals surface area contributed by atoms with Gasteiger partial charge >= 0.3 is 0 Å². The van der Waals surface area contributed by atoms with Crippen molar-refractivity contribution in [3.05, 3.63) is 71.4 Å². The Morgan fingerprint density at radius 1 is 1.15 bits per heavy atom. The monoisotopic (exact) mass is 370 g/mol. The fraction of sp³-hybridized carbons (Fsp3) is 0.250. The van der Waals surface area contributed by atoms with Crippen molar-refractivity contribution >= 4 is 16.8 Å². The van der Waals surface area contributed by atoms with Crippen LogP contribution in [0.2, 0.25) is 0 Å². The van der Waals surface area contributed by atoms with Gasteiger partial charge in [0.2, 0.25) is 0 Å². The lowest BCUT2D eigenvalue weighted by atomic mass is 10.1. The summed E-state index contributed by atoms with van der Waals surface area (Å²) in [6.07, 6.45) is 0.261. The number of carbonyl (C=O) groups is 1. The molecule has 0 saturated carbocycles. The van der Waals surface area contributed by atoms with Crippen LogP contribution in [-0.4, -0.2) is 16.6 Å². The second-order valence-electron chi connectivity index (χ2n) is 6.63. The highest BCUT2D eigenvalue weighted by Crippen LogP contribution is 2.28. The van der Waals surface area contributed by atoms with Crippen molar-refractivity contribution in [1.29, 1.82) is 0 Å². The van der Waals surface area contributed by atoms with Crippen molar-refractivity contribution in [2.75, 3.05) is 0 Å². The van der Waals surface area contributed by atoms with Gasteiger partial charge in [0.05, 0.1) is 12.2 Å². The Morgan fingerprint density at radius 3 is 2.63 bits per heavy atom. The van der Waals surface area contributed by atoms with Crippen LogP contribution in [-0.2, 0) is 6.54 Å². The van der Waals surface area contributed by atoms with E-state index in [1.165, 1.54) is 10.9 Å². The molecule has 2 unspecified atom stereocenters. The summed E-state index contributed by atoms with van der Waals surface area (Å²) in [6.45, 7) is 2.93. The van der Waals surface area contributed by atoms with Crippen LogP contribution in [0.5, 0.6) is 0 Å². The molecular weight excluding hydrogens is 350 g/mol. The second-order valence-corrected chi connectivity index (χ2v) is 6.63. The maximum Gasteiger partial charge on any atom is 0.252 e. The highest BCUT2D eigenvalue weighted by atomic mass is 19.1. The maximum atomic E-state index is 13.3. The van der Waals surface area contributed by atoms with Crippen LogP contribution in [0.15, 0.2) is 48.5 Å². The number of amides is 1. The molecule has 140 valence electrons.